The highest BCUT2D eigenvalue weighted by Gasteiger charge is 2.47. The predicted octanol–water partition coefficient (Wildman–Crippen LogP) is 5.75. The SMILES string of the molecule is CCc1ccc(/C(O)=C2/C(=O)C(=O)N(c3ccc(C(=O)OCC(C)C)cc3)C2c2cccs2)cc1. The largest absolute Gasteiger partial charge is 0.507 e. The van der Waals surface area contributed by atoms with Crippen molar-refractivity contribution in [2.24, 2.45) is 5.92 Å². The van der Waals surface area contributed by atoms with Crippen molar-refractivity contribution in [1.82, 2.24) is 0 Å². The molecule has 2 aromatic carbocycles. The molecule has 0 spiro atoms. The number of aliphatic hydroxyl groups is 1. The highest BCUT2D eigenvalue weighted by atomic mass is 32.1. The van der Waals surface area contributed by atoms with Crippen LogP contribution in [-0.2, 0) is 20.7 Å². The van der Waals surface area contributed by atoms with Crippen molar-refractivity contribution in [2.75, 3.05) is 11.5 Å². The number of carbonyl (C=O) groups is 3. The molecule has 0 aliphatic carbocycles. The molecule has 180 valence electrons. The van der Waals surface area contributed by atoms with Crippen LogP contribution in [0.4, 0.5) is 5.69 Å². The molecular formula is C28H27NO5S. The van der Waals surface area contributed by atoms with Crippen LogP contribution in [-0.4, -0.2) is 29.4 Å². The Bertz CT molecular complexity index is 1260. The summed E-state index contributed by atoms with van der Waals surface area (Å²) in [5.74, 6) is -1.92. The zero-order valence-corrected chi connectivity index (χ0v) is 20.7. The summed E-state index contributed by atoms with van der Waals surface area (Å²) in [4.78, 5) is 40.8. The van der Waals surface area contributed by atoms with Crippen molar-refractivity contribution in [3.63, 3.8) is 0 Å². The van der Waals surface area contributed by atoms with Crippen LogP contribution in [0.2, 0.25) is 0 Å². The van der Waals surface area contributed by atoms with E-state index in [-0.39, 0.29) is 17.3 Å². The van der Waals surface area contributed by atoms with Gasteiger partial charge in [-0.05, 0) is 53.6 Å². The van der Waals surface area contributed by atoms with Gasteiger partial charge in [0.05, 0.1) is 17.7 Å². The lowest BCUT2D eigenvalue weighted by Crippen LogP contribution is -2.29. The summed E-state index contributed by atoms with van der Waals surface area (Å²) >= 11 is 1.40. The lowest BCUT2D eigenvalue weighted by atomic mass is 9.99. The monoisotopic (exact) mass is 489 g/mol. The van der Waals surface area contributed by atoms with E-state index in [2.05, 4.69) is 0 Å². The second kappa shape index (κ2) is 10.3. The van der Waals surface area contributed by atoms with Gasteiger partial charge < -0.3 is 9.84 Å². The number of thiophene rings is 1. The maximum absolute atomic E-state index is 13.2. The van der Waals surface area contributed by atoms with Crippen LogP contribution in [0.25, 0.3) is 5.76 Å². The first kappa shape index (κ1) is 24.4. The average molecular weight is 490 g/mol. The Kier molecular flexibility index (Phi) is 7.17. The van der Waals surface area contributed by atoms with Crippen molar-refractivity contribution >= 4 is 40.4 Å². The molecule has 1 N–H and O–H groups in total. The quantitative estimate of drug-likeness (QED) is 0.198. The Hall–Kier alpha value is -3.71. The summed E-state index contributed by atoms with van der Waals surface area (Å²) in [6, 6.07) is 16.6. The molecule has 6 nitrogen and oxygen atoms in total. The molecule has 1 aliphatic rings. The fourth-order valence-corrected chi connectivity index (χ4v) is 4.78. The van der Waals surface area contributed by atoms with Gasteiger partial charge in [0.25, 0.3) is 11.7 Å². The van der Waals surface area contributed by atoms with Gasteiger partial charge in [-0.2, -0.15) is 0 Å². The molecule has 1 aromatic heterocycles. The van der Waals surface area contributed by atoms with Gasteiger partial charge in [-0.25, -0.2) is 4.79 Å². The van der Waals surface area contributed by atoms with Crippen LogP contribution in [0.1, 0.15) is 53.2 Å². The third kappa shape index (κ3) is 4.91. The Morgan fingerprint density at radius 1 is 1.03 bits per heavy atom. The highest BCUT2D eigenvalue weighted by molar-refractivity contribution is 7.10. The van der Waals surface area contributed by atoms with Crippen LogP contribution in [0.5, 0.6) is 0 Å². The molecule has 1 aliphatic heterocycles. The van der Waals surface area contributed by atoms with Crippen molar-refractivity contribution in [1.29, 1.82) is 0 Å². The lowest BCUT2D eigenvalue weighted by molar-refractivity contribution is -0.132. The molecule has 3 aromatic rings. The van der Waals surface area contributed by atoms with E-state index >= 15 is 0 Å². The van der Waals surface area contributed by atoms with E-state index in [1.807, 2.05) is 50.4 Å². The van der Waals surface area contributed by atoms with Gasteiger partial charge in [-0.3, -0.25) is 14.5 Å². The third-order valence-electron chi connectivity index (χ3n) is 5.82. The van der Waals surface area contributed by atoms with Gasteiger partial charge >= 0.3 is 5.97 Å². The number of esters is 1. The van der Waals surface area contributed by atoms with Crippen molar-refractivity contribution in [2.45, 2.75) is 33.2 Å². The summed E-state index contributed by atoms with van der Waals surface area (Å²) in [6.45, 7) is 6.25. The van der Waals surface area contributed by atoms with E-state index < -0.39 is 23.7 Å². The van der Waals surface area contributed by atoms with Crippen LogP contribution in [0, 0.1) is 5.92 Å². The third-order valence-corrected chi connectivity index (χ3v) is 6.75. The number of nitrogens with zero attached hydrogens (tertiary/aromatic N) is 1. The Morgan fingerprint density at radius 3 is 2.26 bits per heavy atom. The summed E-state index contributed by atoms with van der Waals surface area (Å²) in [5, 5.41) is 13.0. The molecule has 0 saturated carbocycles. The minimum atomic E-state index is -0.778. The van der Waals surface area contributed by atoms with Gasteiger partial charge in [0, 0.05) is 16.1 Å². The molecule has 1 saturated heterocycles. The molecule has 35 heavy (non-hydrogen) atoms. The molecule has 7 heteroatoms. The molecular weight excluding hydrogens is 462 g/mol. The van der Waals surface area contributed by atoms with Gasteiger partial charge in [0.2, 0.25) is 0 Å². The number of aliphatic hydroxyl groups excluding tert-OH is 1. The van der Waals surface area contributed by atoms with E-state index in [9.17, 15) is 19.5 Å². The van der Waals surface area contributed by atoms with Crippen molar-refractivity contribution < 1.29 is 24.2 Å². The number of anilines is 1. The Balaban J connectivity index is 1.74. The van der Waals surface area contributed by atoms with E-state index in [0.717, 1.165) is 16.9 Å². The van der Waals surface area contributed by atoms with Gasteiger partial charge in [-0.1, -0.05) is 51.1 Å². The van der Waals surface area contributed by atoms with Gasteiger partial charge in [0.15, 0.2) is 0 Å². The number of ether oxygens (including phenoxy) is 1. The van der Waals surface area contributed by atoms with Crippen LogP contribution in [0.15, 0.2) is 71.6 Å². The second-order valence-corrected chi connectivity index (χ2v) is 9.75. The number of carbonyl (C=O) groups excluding carboxylic acids is 3. The van der Waals surface area contributed by atoms with Crippen molar-refractivity contribution in [3.05, 3.63) is 93.2 Å². The first-order chi connectivity index (χ1) is 16.8. The maximum atomic E-state index is 13.2. The topological polar surface area (TPSA) is 83.9 Å². The second-order valence-electron chi connectivity index (χ2n) is 8.77. The number of aryl methyl sites for hydroxylation is 1. The molecule has 1 unspecified atom stereocenters. The Morgan fingerprint density at radius 2 is 1.69 bits per heavy atom. The standard InChI is InChI=1S/C28H27NO5S/c1-4-18-7-9-19(10-8-18)25(30)23-24(22-6-5-15-35-22)29(27(32)26(23)31)21-13-11-20(12-14-21)28(33)34-16-17(2)3/h5-15,17,24,30H,4,16H2,1-3H3/b25-23-. The van der Waals surface area contributed by atoms with Gasteiger partial charge in [0.1, 0.15) is 11.8 Å². The van der Waals surface area contributed by atoms with E-state index in [1.54, 1.807) is 36.4 Å². The normalized spacial score (nSPS) is 17.3. The van der Waals surface area contributed by atoms with Crippen LogP contribution < -0.4 is 4.90 Å². The fraction of sp³-hybridized carbons (Fsp3) is 0.250. The molecule has 0 radical (unpaired) electrons. The molecule has 1 fully saturated rings. The number of rotatable bonds is 7. The van der Waals surface area contributed by atoms with Gasteiger partial charge in [-0.15, -0.1) is 11.3 Å². The minimum absolute atomic E-state index is 0.0436. The van der Waals surface area contributed by atoms with Crippen LogP contribution in [0.3, 0.4) is 0 Å². The minimum Gasteiger partial charge on any atom is -0.507 e. The van der Waals surface area contributed by atoms with E-state index in [0.29, 0.717) is 23.4 Å². The first-order valence-corrected chi connectivity index (χ1v) is 12.4. The molecule has 0 bridgehead atoms. The lowest BCUT2D eigenvalue weighted by Gasteiger charge is -2.24. The summed E-state index contributed by atoms with van der Waals surface area (Å²) < 4.78 is 5.27. The smallest absolute Gasteiger partial charge is 0.338 e. The number of benzene rings is 2. The Labute approximate surface area is 208 Å². The maximum Gasteiger partial charge on any atom is 0.338 e. The number of ketones is 1. The first-order valence-electron chi connectivity index (χ1n) is 11.5. The molecule has 4 rings (SSSR count). The highest BCUT2D eigenvalue weighted by Crippen LogP contribution is 2.43. The molecule has 1 amide bonds. The summed E-state index contributed by atoms with van der Waals surface area (Å²) in [5.41, 5.74) is 2.43. The van der Waals surface area contributed by atoms with Crippen molar-refractivity contribution in [3.8, 4) is 0 Å². The molecule has 1 atom stereocenters. The predicted molar refractivity (Wildman–Crippen MR) is 136 cm³/mol. The number of hydrogen-bond acceptors (Lipinski definition) is 6. The van der Waals surface area contributed by atoms with E-state index in [1.165, 1.54) is 16.2 Å². The zero-order valence-electron chi connectivity index (χ0n) is 19.9. The summed E-state index contributed by atoms with van der Waals surface area (Å²) in [6.07, 6.45) is 0.849. The fourth-order valence-electron chi connectivity index (χ4n) is 3.95. The average Bonchev–Trinajstić information content (AvgIpc) is 3.49. The number of Topliss-reactive ketones (excluding diaryl/α,β-unsaturated/α-hetero) is 1. The van der Waals surface area contributed by atoms with Crippen LogP contribution >= 0.6 is 11.3 Å². The zero-order chi connectivity index (χ0) is 25.1. The number of amides is 1. The molecule has 2 heterocycles. The van der Waals surface area contributed by atoms with E-state index in [4.69, 9.17) is 4.74 Å². The summed E-state index contributed by atoms with van der Waals surface area (Å²) in [7, 11) is 0. The number of hydrogen-bond donors (Lipinski definition) is 1.